The number of carbonyl (C=O) groups excluding carboxylic acids is 1. The molecule has 6 atom stereocenters. The maximum Gasteiger partial charge on any atom is 0.410 e. The lowest BCUT2D eigenvalue weighted by molar-refractivity contribution is -0.256. The van der Waals surface area contributed by atoms with Crippen molar-refractivity contribution in [3.63, 3.8) is 0 Å². The highest BCUT2D eigenvalue weighted by atomic mass is 19.1. The zero-order valence-corrected chi connectivity index (χ0v) is 40.1. The number of nitrogens with zero attached hydrogens (tertiary/aromatic N) is 2. The number of carbonyl (C=O) groups is 1. The Bertz CT molecular complexity index is 2560. The van der Waals surface area contributed by atoms with Gasteiger partial charge in [-0.25, -0.2) is 13.6 Å². The normalized spacial score (nSPS) is 21.5. The van der Waals surface area contributed by atoms with Gasteiger partial charge >= 0.3 is 6.09 Å². The highest BCUT2D eigenvalue weighted by Crippen LogP contribution is 2.62. The second-order valence-corrected chi connectivity index (χ2v) is 18.3. The van der Waals surface area contributed by atoms with Gasteiger partial charge in [-0.1, -0.05) is 121 Å². The number of ether oxygens (including phenoxy) is 5. The van der Waals surface area contributed by atoms with Crippen LogP contribution in [0.2, 0.25) is 0 Å². The van der Waals surface area contributed by atoms with Crippen LogP contribution >= 0.6 is 0 Å². The number of allylic oxidation sites excluding steroid dienone is 1. The van der Waals surface area contributed by atoms with Gasteiger partial charge in [-0.2, -0.15) is 0 Å². The fourth-order valence-corrected chi connectivity index (χ4v) is 10.4. The largest absolute Gasteiger partial charge is 0.489 e. The summed E-state index contributed by atoms with van der Waals surface area (Å²) in [6.07, 6.45) is 7.56. The number of hydrogen-bond acceptors (Lipinski definition) is 10. The molecule has 0 radical (unpaired) electrons. The smallest absolute Gasteiger partial charge is 0.410 e. The van der Waals surface area contributed by atoms with E-state index in [0.717, 1.165) is 47.9 Å². The van der Waals surface area contributed by atoms with Crippen molar-refractivity contribution < 1.29 is 52.3 Å². The molecule has 1 heterocycles. The van der Waals surface area contributed by atoms with Gasteiger partial charge in [-0.05, 0) is 96.2 Å². The average molecular weight is 971 g/mol. The number of rotatable bonds is 25. The van der Waals surface area contributed by atoms with E-state index in [-0.39, 0.29) is 82.8 Å². The Labute approximate surface area is 415 Å². The van der Waals surface area contributed by atoms with Crippen LogP contribution in [-0.4, -0.2) is 71.8 Å². The average Bonchev–Trinajstić information content (AvgIpc) is 3.39. The zero-order chi connectivity index (χ0) is 49.4. The molecule has 5 aromatic rings. The molecule has 0 bridgehead atoms. The van der Waals surface area contributed by atoms with Crippen LogP contribution in [-0.2, 0) is 45.4 Å². The van der Waals surface area contributed by atoms with Crippen LogP contribution in [0.3, 0.4) is 0 Å². The van der Waals surface area contributed by atoms with E-state index in [1.54, 1.807) is 47.4 Å². The van der Waals surface area contributed by atoms with Gasteiger partial charge in [-0.3, -0.25) is 4.90 Å². The number of fused-ring (bicyclic) bond motifs is 2. The van der Waals surface area contributed by atoms with Crippen molar-refractivity contribution in [3.05, 3.63) is 191 Å². The Kier molecular flexibility index (Phi) is 18.1. The van der Waals surface area contributed by atoms with Crippen LogP contribution in [0.4, 0.5) is 13.6 Å². The summed E-state index contributed by atoms with van der Waals surface area (Å²) in [5, 5.41) is 25.0. The summed E-state index contributed by atoms with van der Waals surface area (Å²) < 4.78 is 62.3. The minimum atomic E-state index is -1.60. The summed E-state index contributed by atoms with van der Waals surface area (Å²) in [5.74, 6) is -2.41. The van der Waals surface area contributed by atoms with Crippen molar-refractivity contribution in [3.8, 4) is 11.5 Å². The number of benzene rings is 5. The fraction of sp³-hybridized carbons (Fsp3) is 0.379. The Morgan fingerprint density at radius 2 is 1.51 bits per heavy atom. The highest BCUT2D eigenvalue weighted by Gasteiger charge is 2.65. The molecule has 13 heteroatoms. The SMILES string of the molecule is C=CCO[C@@]12Oc3ccc(OCc4ccccc4F)cc3[C@H]3[C@H](CCCCO)[C@@H](CCCCO)C=C(C(=NOCc4ccccc4)C[C@@H]1N(Cc1ccc(F)cc1)C(=O)OCCOCc1ccccc1)[C@H]32. The number of hydrogen-bond donors (Lipinski definition) is 2. The molecule has 71 heavy (non-hydrogen) atoms. The molecule has 1 fully saturated rings. The first-order valence-corrected chi connectivity index (χ1v) is 24.7. The molecule has 1 saturated carbocycles. The molecule has 2 aliphatic carbocycles. The van der Waals surface area contributed by atoms with Gasteiger partial charge < -0.3 is 38.7 Å². The molecule has 0 aromatic heterocycles. The maximum absolute atomic E-state index is 15.0. The zero-order valence-electron chi connectivity index (χ0n) is 40.1. The maximum atomic E-state index is 15.0. The lowest BCUT2D eigenvalue weighted by Crippen LogP contribution is -2.70. The van der Waals surface area contributed by atoms with Crippen LogP contribution in [0.25, 0.3) is 0 Å². The number of aliphatic hydroxyl groups is 2. The highest BCUT2D eigenvalue weighted by molar-refractivity contribution is 6.03. The number of halogens is 2. The van der Waals surface area contributed by atoms with Crippen molar-refractivity contribution in [2.75, 3.05) is 33.0 Å². The molecule has 0 spiro atoms. The molecule has 1 amide bonds. The predicted molar refractivity (Wildman–Crippen MR) is 266 cm³/mol. The van der Waals surface area contributed by atoms with Gasteiger partial charge in [0.1, 0.15) is 49.0 Å². The third-order valence-electron chi connectivity index (χ3n) is 13.7. The summed E-state index contributed by atoms with van der Waals surface area (Å²) in [6, 6.07) is 36.6. The van der Waals surface area contributed by atoms with Gasteiger partial charge in [0.25, 0.3) is 0 Å². The van der Waals surface area contributed by atoms with Gasteiger partial charge in [0, 0.05) is 43.2 Å². The lowest BCUT2D eigenvalue weighted by Gasteiger charge is -2.59. The molecule has 3 aliphatic rings. The monoisotopic (exact) mass is 970 g/mol. The van der Waals surface area contributed by atoms with Crippen LogP contribution < -0.4 is 9.47 Å². The molecule has 11 nitrogen and oxygen atoms in total. The van der Waals surface area contributed by atoms with Crippen molar-refractivity contribution in [1.82, 2.24) is 4.90 Å². The van der Waals surface area contributed by atoms with Crippen LogP contribution in [0.5, 0.6) is 11.5 Å². The molecule has 5 aromatic carbocycles. The minimum absolute atomic E-state index is 0.00293. The Balaban J connectivity index is 1.27. The van der Waals surface area contributed by atoms with E-state index in [2.05, 4.69) is 12.7 Å². The Hall–Kier alpha value is -6.38. The van der Waals surface area contributed by atoms with E-state index in [1.807, 2.05) is 72.8 Å². The molecular weight excluding hydrogens is 907 g/mol. The van der Waals surface area contributed by atoms with Crippen LogP contribution in [0, 0.1) is 29.4 Å². The number of oxime groups is 1. The summed E-state index contributed by atoms with van der Waals surface area (Å²) in [5.41, 5.74) is 5.25. The fourth-order valence-electron chi connectivity index (χ4n) is 10.4. The van der Waals surface area contributed by atoms with E-state index >= 15 is 4.79 Å². The lowest BCUT2D eigenvalue weighted by atomic mass is 9.55. The standard InChI is InChI=1S/C58H64F2N2O9/c1-2-31-69-58-54(62(37-41-23-25-46(59)26-24-41)57(65)67-33-32-66-38-42-15-5-3-6-16-42)36-52(61-70-39-43-17-7-4-8-18-43)49-34-44(19-11-13-29-63)48(21-12-14-30-64)55(56(49)58)50-35-47(27-28-53(50)71-58)68-40-45-20-9-10-22-51(45)60/h2-10,15-18,20,22-28,34-35,44,48,54-56,63-64H,1,11-14,19,21,29-33,36-40H2/t44-,48+,54-,55+,56+,58+/m0/s1. The number of unbranched alkanes of at least 4 members (excludes halogenated alkanes) is 2. The second-order valence-electron chi connectivity index (χ2n) is 18.3. The van der Waals surface area contributed by atoms with E-state index in [9.17, 15) is 19.0 Å². The first-order chi connectivity index (χ1) is 34.8. The molecule has 0 unspecified atom stereocenters. The van der Waals surface area contributed by atoms with E-state index in [1.165, 1.54) is 18.2 Å². The summed E-state index contributed by atoms with van der Waals surface area (Å²) in [7, 11) is 0. The number of aliphatic hydroxyl groups excluding tert-OH is 2. The second kappa shape index (κ2) is 25.1. The molecular formula is C58H64F2N2O9. The Morgan fingerprint density at radius 3 is 2.23 bits per heavy atom. The molecule has 0 saturated heterocycles. The van der Waals surface area contributed by atoms with Gasteiger partial charge in [-0.15, -0.1) is 6.58 Å². The quantitative estimate of drug-likeness (QED) is 0.0334. The first kappa shape index (κ1) is 51.0. The minimum Gasteiger partial charge on any atom is -0.489 e. The summed E-state index contributed by atoms with van der Waals surface area (Å²) >= 11 is 0. The Morgan fingerprint density at radius 1 is 0.803 bits per heavy atom. The number of amides is 1. The van der Waals surface area contributed by atoms with Gasteiger partial charge in [0.15, 0.2) is 0 Å². The summed E-state index contributed by atoms with van der Waals surface area (Å²) in [6.45, 7) is 4.76. The summed E-state index contributed by atoms with van der Waals surface area (Å²) in [4.78, 5) is 22.8. The third kappa shape index (κ3) is 12.6. The first-order valence-electron chi connectivity index (χ1n) is 24.7. The molecule has 1 aliphatic heterocycles. The molecule has 2 N–H and O–H groups in total. The van der Waals surface area contributed by atoms with Crippen molar-refractivity contribution in [2.24, 2.45) is 22.9 Å². The van der Waals surface area contributed by atoms with E-state index in [4.69, 9.17) is 33.7 Å². The van der Waals surface area contributed by atoms with Crippen molar-refractivity contribution in [2.45, 2.75) is 89.1 Å². The predicted octanol–water partition coefficient (Wildman–Crippen LogP) is 11.2. The molecule has 374 valence electrons. The van der Waals surface area contributed by atoms with Crippen LogP contribution in [0.15, 0.2) is 157 Å². The van der Waals surface area contributed by atoms with E-state index < -0.39 is 29.7 Å². The molecule has 8 rings (SSSR count). The van der Waals surface area contributed by atoms with E-state index in [0.29, 0.717) is 47.8 Å². The topological polar surface area (TPSA) is 129 Å². The van der Waals surface area contributed by atoms with Crippen molar-refractivity contribution in [1.29, 1.82) is 0 Å². The third-order valence-corrected chi connectivity index (χ3v) is 13.7. The van der Waals surface area contributed by atoms with Crippen LogP contribution in [0.1, 0.15) is 78.7 Å². The van der Waals surface area contributed by atoms with Gasteiger partial charge in [0.05, 0.1) is 31.5 Å². The van der Waals surface area contributed by atoms with Gasteiger partial charge in [0.2, 0.25) is 5.79 Å². The van der Waals surface area contributed by atoms with Crippen molar-refractivity contribution >= 4 is 11.8 Å².